The van der Waals surface area contributed by atoms with Gasteiger partial charge in [0.2, 0.25) is 5.91 Å². The summed E-state index contributed by atoms with van der Waals surface area (Å²) in [5.41, 5.74) is 5.13. The number of non-ortho nitro benzene ring substituents is 1. The summed E-state index contributed by atoms with van der Waals surface area (Å²) in [6.45, 7) is 59.2. The summed E-state index contributed by atoms with van der Waals surface area (Å²) in [4.78, 5) is 211. The molecule has 2 rings (SSSR count). The molecule has 36 heteroatoms. The monoisotopic (exact) mass is 2050 g/mol. The van der Waals surface area contributed by atoms with Gasteiger partial charge in [-0.3, -0.25) is 82.0 Å². The lowest BCUT2D eigenvalue weighted by Crippen LogP contribution is -2.38. The van der Waals surface area contributed by atoms with Crippen LogP contribution in [0.4, 0.5) is 10.5 Å². The van der Waals surface area contributed by atoms with Crippen molar-refractivity contribution in [3.63, 3.8) is 0 Å². The normalized spacial score (nSPS) is 13.5. The van der Waals surface area contributed by atoms with Gasteiger partial charge in [-0.15, -0.1) is 12.4 Å². The van der Waals surface area contributed by atoms with Gasteiger partial charge in [-0.1, -0.05) is 61.7 Å². The number of carbonyl (C=O) groups is 16. The van der Waals surface area contributed by atoms with Crippen molar-refractivity contribution in [2.24, 2.45) is 47.0 Å². The number of nitro groups is 1. The van der Waals surface area contributed by atoms with Crippen molar-refractivity contribution in [1.82, 2.24) is 10.6 Å². The van der Waals surface area contributed by atoms with Crippen LogP contribution < -0.4 is 22.1 Å². The summed E-state index contributed by atoms with van der Waals surface area (Å²) in [5.74, 6) is -11.2. The van der Waals surface area contributed by atoms with Crippen molar-refractivity contribution in [3.8, 4) is 0 Å². The summed E-state index contributed by atoms with van der Waals surface area (Å²) in [7, 11) is 0. The SMILES string of the molecule is CC(C)(C)OC(=O)CC[C@H](CC(=O)C[C@@H](CCCCN)C(=O)OC(C)(C)C)C(=O)OC(C)(C)C.CC(C)(C)OC(=O)CC[C@H](CC(=O)C[C@@H](CCCCNC(=O)Cc1ccc([N+](=O)[O-])cc1)C(=O)OC(C)(C)C)C(=O)OC(C)(C)C.CC(C)(C)OC(=O)CC[C@H](CC(=O)C[C@@H](CCCCNC(=O)OCc1ccccc1)C(=O)OC(C)(C)C)C(=O)OC(C)(C)C.CC(C)(C)OC(=O)CC[C@H](N)C(=O)OC(C)(C)C.Cl. The van der Waals surface area contributed by atoms with E-state index in [1.165, 1.54) is 24.3 Å². The quantitative estimate of drug-likeness (QED) is 0.0157. The van der Waals surface area contributed by atoms with Crippen LogP contribution in [0.1, 0.15) is 387 Å². The maximum Gasteiger partial charge on any atom is 0.407 e. The molecule has 0 spiro atoms. The van der Waals surface area contributed by atoms with Crippen LogP contribution in [0, 0.1) is 45.6 Å². The van der Waals surface area contributed by atoms with Gasteiger partial charge in [0.1, 0.15) is 91.6 Å². The number of ether oxygens (including phenoxy) is 12. The van der Waals surface area contributed by atoms with Crippen molar-refractivity contribution >= 4 is 113 Å². The Kier molecular flexibility index (Phi) is 61.4. The molecule has 0 aromatic heterocycles. The Morgan fingerprint density at radius 2 is 0.552 bits per heavy atom. The van der Waals surface area contributed by atoms with E-state index < -0.39 is 174 Å². The smallest absolute Gasteiger partial charge is 0.407 e. The highest BCUT2D eigenvalue weighted by Gasteiger charge is 2.38. The second kappa shape index (κ2) is 64.1. The minimum Gasteiger partial charge on any atom is -0.460 e. The number of nitrogens with two attached hydrogens (primary N) is 2. The first-order chi connectivity index (χ1) is 64.5. The van der Waals surface area contributed by atoms with Gasteiger partial charge in [0, 0.05) is 89.4 Å². The summed E-state index contributed by atoms with van der Waals surface area (Å²) >= 11 is 0. The number of rotatable bonds is 50. The van der Waals surface area contributed by atoms with Gasteiger partial charge in [0.05, 0.1) is 46.9 Å². The van der Waals surface area contributed by atoms with Crippen LogP contribution in [0.25, 0.3) is 0 Å². The zero-order valence-electron chi connectivity index (χ0n) is 92.3. The van der Waals surface area contributed by atoms with Crippen LogP contribution >= 0.6 is 12.4 Å². The molecule has 818 valence electrons. The molecule has 0 aliphatic rings. The fraction of sp³-hybridized carbons (Fsp3) is 0.738. The maximum atomic E-state index is 13.3. The molecule has 35 nitrogen and oxygen atoms in total. The molecule has 0 aliphatic heterocycles. The molecule has 2 amide bonds. The molecule has 7 atom stereocenters. The Balaban J connectivity index is -0.00000190. The van der Waals surface area contributed by atoms with Gasteiger partial charge >= 0.3 is 71.8 Å². The third kappa shape index (κ3) is 78.1. The molecule has 0 heterocycles. The van der Waals surface area contributed by atoms with Gasteiger partial charge in [-0.05, 0) is 310 Å². The van der Waals surface area contributed by atoms with Crippen molar-refractivity contribution in [3.05, 3.63) is 75.8 Å². The lowest BCUT2D eigenvalue weighted by atomic mass is 9.90. The topological polar surface area (TPSA) is 503 Å². The van der Waals surface area contributed by atoms with E-state index in [1.54, 1.807) is 228 Å². The van der Waals surface area contributed by atoms with Crippen LogP contribution in [-0.2, 0) is 142 Å². The van der Waals surface area contributed by atoms with E-state index in [0.29, 0.717) is 76.6 Å². The lowest BCUT2D eigenvalue weighted by molar-refractivity contribution is -0.384. The van der Waals surface area contributed by atoms with Crippen molar-refractivity contribution in [2.45, 2.75) is 457 Å². The first kappa shape index (κ1) is 137. The highest BCUT2D eigenvalue weighted by Crippen LogP contribution is 2.31. The Hall–Kier alpha value is -10.0. The third-order valence-corrected chi connectivity index (χ3v) is 18.7. The first-order valence-corrected chi connectivity index (χ1v) is 49.4. The second-order valence-corrected chi connectivity index (χ2v) is 46.6. The molecule has 0 fully saturated rings. The number of unbranched alkanes of at least 4 members (excludes halogenated alkanes) is 3. The highest BCUT2D eigenvalue weighted by atomic mass is 35.5. The van der Waals surface area contributed by atoms with Crippen LogP contribution in [0.2, 0.25) is 0 Å². The zero-order valence-corrected chi connectivity index (χ0v) is 93.1. The average Bonchev–Trinajstić information content (AvgIpc) is 0.870. The fourth-order valence-electron chi connectivity index (χ4n) is 13.0. The number of nitro benzene ring substituents is 1. The number of halogens is 1. The van der Waals surface area contributed by atoms with E-state index in [1.807, 2.05) is 30.3 Å². The summed E-state index contributed by atoms with van der Waals surface area (Å²) in [6.07, 6.45) is 3.97. The number of esters is 11. The molecule has 0 saturated heterocycles. The number of hydrogen-bond donors (Lipinski definition) is 4. The number of nitrogens with one attached hydrogen (secondary N) is 2. The molecule has 2 aromatic carbocycles. The van der Waals surface area contributed by atoms with E-state index in [2.05, 4.69) is 10.6 Å². The van der Waals surface area contributed by atoms with Crippen molar-refractivity contribution in [2.75, 3.05) is 19.6 Å². The predicted octanol–water partition coefficient (Wildman–Crippen LogP) is 19.0. The Morgan fingerprint density at radius 1 is 0.308 bits per heavy atom. The molecular formula is C107H178ClN5O30. The molecule has 2 aromatic rings. The third-order valence-electron chi connectivity index (χ3n) is 18.7. The van der Waals surface area contributed by atoms with E-state index in [0.717, 1.165) is 12.0 Å². The largest absolute Gasteiger partial charge is 0.460 e. The van der Waals surface area contributed by atoms with E-state index in [-0.39, 0.29) is 150 Å². The number of carbonyl (C=O) groups excluding carboxylic acids is 16. The maximum absolute atomic E-state index is 13.3. The average molecular weight is 2050 g/mol. The van der Waals surface area contributed by atoms with Gasteiger partial charge in [-0.2, -0.15) is 0 Å². The molecule has 143 heavy (non-hydrogen) atoms. The number of nitrogens with zero attached hydrogens (tertiary/aromatic N) is 1. The number of Topliss-reactive ketones (excluding diaryl/α,β-unsaturated/α-hetero) is 3. The summed E-state index contributed by atoms with van der Waals surface area (Å²) in [6, 6.07) is 14.3. The van der Waals surface area contributed by atoms with Gasteiger partial charge in [0.15, 0.2) is 0 Å². The minimum atomic E-state index is -0.885. The lowest BCUT2D eigenvalue weighted by Gasteiger charge is -2.26. The predicted molar refractivity (Wildman–Crippen MR) is 545 cm³/mol. The Bertz CT molecular complexity index is 4300. The van der Waals surface area contributed by atoms with Crippen LogP contribution in [-0.4, -0.2) is 187 Å². The van der Waals surface area contributed by atoms with Crippen LogP contribution in [0.5, 0.6) is 0 Å². The molecule has 0 unspecified atom stereocenters. The standard InChI is InChI=1S/C34H52N2O10.C34H53NO9.C26H47NO7.C13H25NO4.ClH/c1-32(2,3)44-29(39)18-15-25(31(41)46-34(7,8)9)22-27(37)21-24(30(40)45-33(4,5)6)12-10-11-19-35-28(38)20-23-13-16-26(17-14-23)36(42)43;1-32(2,3)42-28(37)19-18-26(30(39)44-34(7,8)9)22-27(36)21-25(29(38)43-33(4,5)6)17-13-14-20-35-31(40)41-23-24-15-11-10-12-16-24;1-24(2,3)32-21(29)14-13-19(23(31)34-26(7,8)9)17-20(28)16-18(12-10-11-15-27)22(30)33-25(4,5)6;1-12(2,3)17-10(15)8-7-9(14)11(16)18-13(4,5)6;/h13-14,16-17,24-25H,10-12,15,18-22H2,1-9H3,(H,35,38);10-12,15-16,25-26H,13-14,17-23H2,1-9H3,(H,35,40);18-19H,10-17,27H2,1-9H3;9H,7-8,14H2,1-6H3;1H/t24-,25-;25-,26-;18-,19-;9-;/m1110./s1. The van der Waals surface area contributed by atoms with Crippen LogP contribution in [0.3, 0.4) is 0 Å². The van der Waals surface area contributed by atoms with Gasteiger partial charge in [-0.25, -0.2) is 4.79 Å². The Morgan fingerprint density at radius 3 is 0.811 bits per heavy atom. The molecule has 0 saturated carbocycles. The van der Waals surface area contributed by atoms with Crippen molar-refractivity contribution in [1.29, 1.82) is 0 Å². The molecular weight excluding hydrogens is 1870 g/mol. The van der Waals surface area contributed by atoms with Gasteiger partial charge in [0.25, 0.3) is 5.69 Å². The number of alkyl carbamates (subject to hydrolysis) is 1. The molecule has 0 radical (unpaired) electrons. The first-order valence-electron chi connectivity index (χ1n) is 49.4. The second-order valence-electron chi connectivity index (χ2n) is 46.6. The number of ketones is 3. The molecule has 0 aliphatic carbocycles. The summed E-state index contributed by atoms with van der Waals surface area (Å²) in [5, 5.41) is 16.3. The van der Waals surface area contributed by atoms with Crippen molar-refractivity contribution < 1.29 is 138 Å². The van der Waals surface area contributed by atoms with Crippen LogP contribution in [0.15, 0.2) is 54.6 Å². The van der Waals surface area contributed by atoms with E-state index in [9.17, 15) is 86.8 Å². The molecule has 6 N–H and O–H groups in total. The fourth-order valence-corrected chi connectivity index (χ4v) is 13.0. The van der Waals surface area contributed by atoms with E-state index in [4.69, 9.17) is 68.3 Å². The highest BCUT2D eigenvalue weighted by molar-refractivity contribution is 5.91. The van der Waals surface area contributed by atoms with Gasteiger partial charge < -0.3 is 78.9 Å². The zero-order chi connectivity index (χ0) is 110. The number of hydrogen-bond acceptors (Lipinski definition) is 32. The summed E-state index contributed by atoms with van der Waals surface area (Å²) < 4.78 is 64.7. The minimum absolute atomic E-state index is 0. The number of benzene rings is 2. The molecule has 0 bridgehead atoms. The number of amides is 2. The van der Waals surface area contributed by atoms with E-state index >= 15 is 0 Å². The Labute approximate surface area is 857 Å².